The van der Waals surface area contributed by atoms with Gasteiger partial charge in [0.2, 0.25) is 11.6 Å². The number of hydrogen-bond donors (Lipinski definition) is 3. The molecule has 7 atom stereocenters. The zero-order valence-corrected chi connectivity index (χ0v) is 24.3. The van der Waals surface area contributed by atoms with Gasteiger partial charge >= 0.3 is 0 Å². The summed E-state index contributed by atoms with van der Waals surface area (Å²) in [5.74, 6) is -2.44. The van der Waals surface area contributed by atoms with Crippen molar-refractivity contribution in [1.29, 1.82) is 0 Å². The first-order valence-electron chi connectivity index (χ1n) is 15.4. The molecular weight excluding hydrogens is 530 g/mol. The van der Waals surface area contributed by atoms with Gasteiger partial charge in [-0.15, -0.1) is 0 Å². The monoisotopic (exact) mass is 569 g/mol. The van der Waals surface area contributed by atoms with Gasteiger partial charge in [0.05, 0.1) is 18.0 Å². The fourth-order valence-electron chi connectivity index (χ4n) is 8.84. The Kier molecular flexibility index (Phi) is 5.89. The summed E-state index contributed by atoms with van der Waals surface area (Å²) in [5, 5.41) is 16.4. The Balaban J connectivity index is 1.06. The van der Waals surface area contributed by atoms with Crippen LogP contribution in [0.3, 0.4) is 0 Å². The Hall–Kier alpha value is -3.24. The van der Waals surface area contributed by atoms with Crippen LogP contribution >= 0.6 is 0 Å². The molecule has 5 heterocycles. The van der Waals surface area contributed by atoms with Gasteiger partial charge in [-0.05, 0) is 75.4 Å². The molecule has 3 aromatic rings. The van der Waals surface area contributed by atoms with Crippen molar-refractivity contribution in [3.8, 4) is 0 Å². The number of piperazine rings is 1. The molecule has 0 saturated carbocycles. The van der Waals surface area contributed by atoms with Gasteiger partial charge in [0.1, 0.15) is 0 Å². The lowest BCUT2D eigenvalue weighted by atomic mass is 9.72. The van der Waals surface area contributed by atoms with Crippen LogP contribution in [0.1, 0.15) is 48.8 Å². The van der Waals surface area contributed by atoms with Gasteiger partial charge in [-0.2, -0.15) is 0 Å². The lowest BCUT2D eigenvalue weighted by Gasteiger charge is -2.49. The van der Waals surface area contributed by atoms with Crippen LogP contribution in [-0.4, -0.2) is 93.0 Å². The number of fused-ring (bicyclic) bond motifs is 5. The first-order chi connectivity index (χ1) is 20.2. The summed E-state index contributed by atoms with van der Waals surface area (Å²) in [6.45, 7) is 3.75. The molecule has 0 spiro atoms. The van der Waals surface area contributed by atoms with Gasteiger partial charge in [-0.25, -0.2) is 0 Å². The normalized spacial score (nSPS) is 36.1. The fraction of sp³-hybridized carbons (Fsp3) is 0.515. The van der Waals surface area contributed by atoms with Crippen molar-refractivity contribution in [3.05, 3.63) is 71.4 Å². The Bertz CT molecular complexity index is 1560. The molecule has 1 aromatic heterocycles. The second-order valence-corrected chi connectivity index (χ2v) is 13.3. The molecule has 3 N–H and O–H groups in total. The van der Waals surface area contributed by atoms with E-state index in [0.717, 1.165) is 36.9 Å². The van der Waals surface area contributed by atoms with Crippen LogP contribution in [-0.2, 0) is 27.2 Å². The Morgan fingerprint density at radius 2 is 2.00 bits per heavy atom. The smallest absolute Gasteiger partial charge is 0.280 e. The van der Waals surface area contributed by atoms with Crippen LogP contribution < -0.4 is 5.32 Å². The number of benzene rings is 2. The van der Waals surface area contributed by atoms with E-state index >= 15 is 0 Å². The van der Waals surface area contributed by atoms with Crippen LogP contribution in [0, 0.1) is 5.92 Å². The number of aromatic amines is 1. The number of aliphatic hydroxyl groups is 1. The first kappa shape index (κ1) is 26.4. The van der Waals surface area contributed by atoms with Crippen LogP contribution in [0.4, 0.5) is 0 Å². The molecular formula is C33H39N5O4. The second-order valence-electron chi connectivity index (χ2n) is 13.3. The molecule has 220 valence electrons. The highest BCUT2D eigenvalue weighted by Crippen LogP contribution is 2.47. The zero-order valence-electron chi connectivity index (χ0n) is 24.3. The van der Waals surface area contributed by atoms with E-state index in [1.165, 1.54) is 16.5 Å². The van der Waals surface area contributed by atoms with E-state index < -0.39 is 11.6 Å². The molecule has 4 aliphatic heterocycles. The minimum absolute atomic E-state index is 0.200. The first-order valence-corrected chi connectivity index (χ1v) is 15.4. The van der Waals surface area contributed by atoms with Crippen LogP contribution in [0.25, 0.3) is 10.9 Å². The topological polar surface area (TPSA) is 101 Å². The average Bonchev–Trinajstić information content (AvgIpc) is 3.67. The number of carbonyl (C=O) groups is 2. The Morgan fingerprint density at radius 3 is 2.83 bits per heavy atom. The molecule has 5 aliphatic rings. The number of amides is 2. The number of H-pyrrole nitrogens is 1. The van der Waals surface area contributed by atoms with Crippen molar-refractivity contribution in [1.82, 2.24) is 25.0 Å². The zero-order chi connectivity index (χ0) is 28.8. The minimum Gasteiger partial charge on any atom is -0.361 e. The Labute approximate surface area is 245 Å². The lowest BCUT2D eigenvalue weighted by molar-refractivity contribution is -0.322. The van der Waals surface area contributed by atoms with E-state index in [-0.39, 0.29) is 35.7 Å². The molecule has 4 fully saturated rings. The van der Waals surface area contributed by atoms with Crippen LogP contribution in [0.15, 0.2) is 54.7 Å². The maximum Gasteiger partial charge on any atom is 0.280 e. The second kappa shape index (κ2) is 9.38. The van der Waals surface area contributed by atoms with E-state index in [1.807, 2.05) is 30.3 Å². The third kappa shape index (κ3) is 3.83. The number of piperidine rings is 1. The lowest BCUT2D eigenvalue weighted by Crippen LogP contribution is -2.69. The molecule has 0 bridgehead atoms. The number of rotatable bonds is 4. The number of aromatic nitrogens is 1. The quantitative estimate of drug-likeness (QED) is 0.447. The van der Waals surface area contributed by atoms with Crippen LogP contribution in [0.2, 0.25) is 0 Å². The van der Waals surface area contributed by atoms with Crippen molar-refractivity contribution >= 4 is 22.7 Å². The van der Waals surface area contributed by atoms with Gasteiger partial charge in [-0.1, -0.05) is 42.5 Å². The number of carbonyl (C=O) groups excluding carboxylic acids is 2. The van der Waals surface area contributed by atoms with Crippen molar-refractivity contribution < 1.29 is 19.4 Å². The van der Waals surface area contributed by atoms with Crippen molar-refractivity contribution in [2.75, 3.05) is 26.7 Å². The van der Waals surface area contributed by atoms with Gasteiger partial charge in [0.25, 0.3) is 11.8 Å². The predicted octanol–water partition coefficient (Wildman–Crippen LogP) is 2.55. The fourth-order valence-corrected chi connectivity index (χ4v) is 8.84. The van der Waals surface area contributed by atoms with E-state index in [4.69, 9.17) is 4.74 Å². The third-order valence-electron chi connectivity index (χ3n) is 10.7. The maximum absolute atomic E-state index is 14.2. The van der Waals surface area contributed by atoms with Gasteiger partial charge in [0.15, 0.2) is 0 Å². The van der Waals surface area contributed by atoms with Crippen molar-refractivity contribution in [2.24, 2.45) is 5.92 Å². The van der Waals surface area contributed by atoms with E-state index in [9.17, 15) is 14.7 Å². The molecule has 2 aromatic carbocycles. The summed E-state index contributed by atoms with van der Waals surface area (Å²) >= 11 is 0. The maximum atomic E-state index is 14.2. The van der Waals surface area contributed by atoms with Gasteiger partial charge < -0.3 is 20.3 Å². The molecule has 9 heteroatoms. The summed E-state index contributed by atoms with van der Waals surface area (Å²) in [6.07, 6.45) is 6.06. The molecule has 9 nitrogen and oxygen atoms in total. The predicted molar refractivity (Wildman–Crippen MR) is 157 cm³/mol. The summed E-state index contributed by atoms with van der Waals surface area (Å²) < 4.78 is 6.35. The molecule has 8 rings (SSSR count). The molecule has 0 unspecified atom stereocenters. The van der Waals surface area contributed by atoms with Gasteiger partial charge in [-0.3, -0.25) is 24.1 Å². The molecule has 1 aliphatic carbocycles. The summed E-state index contributed by atoms with van der Waals surface area (Å²) in [4.78, 5) is 37.7. The summed E-state index contributed by atoms with van der Waals surface area (Å²) in [5.41, 5.74) is 3.23. The number of likely N-dealkylation sites (N-methyl/N-ethyl adjacent to an activating group) is 1. The van der Waals surface area contributed by atoms with E-state index in [0.29, 0.717) is 32.0 Å². The van der Waals surface area contributed by atoms with Crippen molar-refractivity contribution in [2.45, 2.75) is 74.7 Å². The minimum atomic E-state index is -1.79. The largest absolute Gasteiger partial charge is 0.361 e. The molecule has 4 saturated heterocycles. The average molecular weight is 570 g/mol. The Morgan fingerprint density at radius 1 is 1.17 bits per heavy atom. The molecule has 0 radical (unpaired) electrons. The summed E-state index contributed by atoms with van der Waals surface area (Å²) in [6, 6.07) is 16.2. The highest BCUT2D eigenvalue weighted by atomic mass is 16.7. The number of nitrogens with zero attached hydrogens (tertiary/aromatic N) is 3. The molecule has 42 heavy (non-hydrogen) atoms. The van der Waals surface area contributed by atoms with Crippen LogP contribution in [0.5, 0.6) is 0 Å². The standard InChI is InChI=1S/C33H39N5O4/c1-32(31(40)38-23(14-20-8-4-3-5-9-20)19-37-13-7-12-28(37)33(38,41)42-32)35-30(39)22-15-25-24-10-6-11-26-29(24)21(17-34-26)16-27(25)36(2)18-22/h3-6,8-11,17,22-23,25,27-28,34,41H,7,12-16,18-19H2,1-2H3,(H,35,39)/t22-,23+,25-,27-,28+,32-,33+/m1/s1. The number of hydrogen-bond acceptors (Lipinski definition) is 6. The number of nitrogens with one attached hydrogen (secondary N) is 2. The third-order valence-corrected chi connectivity index (χ3v) is 10.7. The molecule has 2 amide bonds. The SMILES string of the molecule is CN1C[C@H](C(=O)N[C@]2(C)O[C@@]3(O)[C@@H]4CCCN4C[C@H](Cc4ccccc4)N3C2=O)C[C@@H]2c3cccc4[nH]cc(c34)C[C@H]21. The highest BCUT2D eigenvalue weighted by Gasteiger charge is 2.67. The van der Waals surface area contributed by atoms with Gasteiger partial charge in [0, 0.05) is 42.1 Å². The number of ether oxygens (including phenoxy) is 1. The van der Waals surface area contributed by atoms with E-state index in [2.05, 4.69) is 51.5 Å². The van der Waals surface area contributed by atoms with Crippen molar-refractivity contribution in [3.63, 3.8) is 0 Å². The highest BCUT2D eigenvalue weighted by molar-refractivity contribution is 5.93. The number of likely N-dealkylation sites (tertiary alicyclic amines) is 1. The summed E-state index contributed by atoms with van der Waals surface area (Å²) in [7, 11) is 2.10. The van der Waals surface area contributed by atoms with E-state index in [1.54, 1.807) is 11.8 Å².